The summed E-state index contributed by atoms with van der Waals surface area (Å²) in [5, 5.41) is 8.76. The Morgan fingerprint density at radius 2 is 1.50 bits per heavy atom. The van der Waals surface area contributed by atoms with E-state index in [0.29, 0.717) is 23.1 Å². The third kappa shape index (κ3) is 4.93. The van der Waals surface area contributed by atoms with Gasteiger partial charge in [-0.3, -0.25) is 14.9 Å². The van der Waals surface area contributed by atoms with Gasteiger partial charge in [0.15, 0.2) is 0 Å². The normalized spacial score (nSPS) is 33.9. The Hall–Kier alpha value is -2.57. The van der Waals surface area contributed by atoms with Crippen molar-refractivity contribution >= 4 is 23.5 Å². The molecule has 1 saturated heterocycles. The molecule has 5 fully saturated rings. The number of urea groups is 1. The monoisotopic (exact) mass is 466 g/mol. The second-order valence-electron chi connectivity index (χ2n) is 11.8. The Bertz CT molecular complexity index is 916. The van der Waals surface area contributed by atoms with Gasteiger partial charge in [-0.05, 0) is 86.7 Å². The third-order valence-electron chi connectivity index (χ3n) is 8.42. The molecule has 2 unspecified atom stereocenters. The summed E-state index contributed by atoms with van der Waals surface area (Å²) < 4.78 is 0. The van der Waals surface area contributed by atoms with E-state index < -0.39 is 11.9 Å². The quantitative estimate of drug-likeness (QED) is 0.612. The lowest BCUT2D eigenvalue weighted by atomic mass is 9.53. The molecule has 3 N–H and O–H groups in total. The van der Waals surface area contributed by atoms with Crippen LogP contribution in [0.4, 0.5) is 10.5 Å². The molecule has 2 atom stereocenters. The van der Waals surface area contributed by atoms with Crippen LogP contribution in [0.5, 0.6) is 0 Å². The Balaban J connectivity index is 1.15. The predicted molar refractivity (Wildman–Crippen MR) is 131 cm³/mol. The van der Waals surface area contributed by atoms with Crippen LogP contribution >= 0.6 is 0 Å². The number of para-hydroxylation sites is 1. The molecule has 7 heteroatoms. The van der Waals surface area contributed by atoms with Crippen LogP contribution < -0.4 is 16.0 Å². The lowest BCUT2D eigenvalue weighted by molar-refractivity contribution is -0.118. The second kappa shape index (κ2) is 9.23. The minimum absolute atomic E-state index is 0.0125. The highest BCUT2D eigenvalue weighted by Crippen LogP contribution is 2.55. The summed E-state index contributed by atoms with van der Waals surface area (Å²) in [5.74, 6) is 2.72. The average molecular weight is 467 g/mol. The maximum atomic E-state index is 13.2. The van der Waals surface area contributed by atoms with Crippen molar-refractivity contribution in [3.63, 3.8) is 0 Å². The van der Waals surface area contributed by atoms with E-state index in [2.05, 4.69) is 29.8 Å². The van der Waals surface area contributed by atoms with Crippen molar-refractivity contribution in [3.8, 4) is 0 Å². The SMILES string of the molecule is CC1CC(C)CN(C(=O)c2ccccc2NCC(=O)NC(=O)NC23CC4CC(CC(C4)C2)C3)C1. The second-order valence-corrected chi connectivity index (χ2v) is 11.8. The highest BCUT2D eigenvalue weighted by atomic mass is 16.2. The van der Waals surface area contributed by atoms with Crippen LogP contribution in [0, 0.1) is 29.6 Å². The zero-order valence-electron chi connectivity index (χ0n) is 20.4. The van der Waals surface area contributed by atoms with Gasteiger partial charge in [-0.1, -0.05) is 26.0 Å². The van der Waals surface area contributed by atoms with Gasteiger partial charge in [0.2, 0.25) is 5.91 Å². The van der Waals surface area contributed by atoms with Crippen LogP contribution in [-0.2, 0) is 4.79 Å². The van der Waals surface area contributed by atoms with E-state index in [-0.39, 0.29) is 18.0 Å². The van der Waals surface area contributed by atoms with Crippen molar-refractivity contribution in [3.05, 3.63) is 29.8 Å². The number of rotatable bonds is 5. The summed E-state index contributed by atoms with van der Waals surface area (Å²) in [6.07, 6.45) is 8.18. The molecule has 0 aromatic heterocycles. The van der Waals surface area contributed by atoms with Gasteiger partial charge in [0, 0.05) is 24.3 Å². The van der Waals surface area contributed by atoms with E-state index in [1.807, 2.05) is 23.1 Å². The molecule has 1 heterocycles. The number of anilines is 1. The highest BCUT2D eigenvalue weighted by molar-refractivity contribution is 6.01. The van der Waals surface area contributed by atoms with E-state index in [4.69, 9.17) is 0 Å². The van der Waals surface area contributed by atoms with E-state index in [1.54, 1.807) is 6.07 Å². The molecular weight excluding hydrogens is 428 g/mol. The van der Waals surface area contributed by atoms with Gasteiger partial charge in [0.05, 0.1) is 12.1 Å². The largest absolute Gasteiger partial charge is 0.375 e. The number of carbonyl (C=O) groups is 3. The van der Waals surface area contributed by atoms with Gasteiger partial charge < -0.3 is 15.5 Å². The molecule has 4 saturated carbocycles. The molecule has 0 radical (unpaired) electrons. The van der Waals surface area contributed by atoms with Crippen molar-refractivity contribution in [2.75, 3.05) is 25.0 Å². The molecule has 1 aromatic rings. The van der Waals surface area contributed by atoms with Crippen LogP contribution in [0.25, 0.3) is 0 Å². The first-order chi connectivity index (χ1) is 16.3. The maximum absolute atomic E-state index is 13.2. The highest BCUT2D eigenvalue weighted by Gasteiger charge is 2.51. The fourth-order valence-corrected chi connectivity index (χ4v) is 7.71. The molecule has 1 aromatic carbocycles. The number of hydrogen-bond donors (Lipinski definition) is 3. The van der Waals surface area contributed by atoms with Crippen molar-refractivity contribution in [1.29, 1.82) is 0 Å². The summed E-state index contributed by atoms with van der Waals surface area (Å²) >= 11 is 0. The first-order valence-corrected chi connectivity index (χ1v) is 13.0. The van der Waals surface area contributed by atoms with Crippen molar-refractivity contribution < 1.29 is 14.4 Å². The number of piperidine rings is 1. The van der Waals surface area contributed by atoms with Gasteiger partial charge in [0.1, 0.15) is 0 Å². The van der Waals surface area contributed by atoms with Crippen LogP contribution in [0.3, 0.4) is 0 Å². The Labute approximate surface area is 202 Å². The Morgan fingerprint density at radius 1 is 0.912 bits per heavy atom. The standard InChI is InChI=1S/C27H38N4O3/c1-17-7-18(2)16-31(15-17)25(33)22-5-3-4-6-23(22)28-14-24(32)29-26(34)30-27-11-19-8-20(12-27)10-21(9-19)13-27/h3-6,17-21,28H,7-16H2,1-2H3,(H2,29,30,32,34). The zero-order valence-corrected chi connectivity index (χ0v) is 20.4. The van der Waals surface area contributed by atoms with Gasteiger partial charge in [-0.25, -0.2) is 4.79 Å². The maximum Gasteiger partial charge on any atom is 0.321 e. The summed E-state index contributed by atoms with van der Waals surface area (Å²) in [5.41, 5.74) is 1.05. The number of benzene rings is 1. The van der Waals surface area contributed by atoms with Crippen LogP contribution in [0.1, 0.15) is 69.2 Å². The molecule has 4 aliphatic carbocycles. The summed E-state index contributed by atoms with van der Waals surface area (Å²) in [4.78, 5) is 40.3. The summed E-state index contributed by atoms with van der Waals surface area (Å²) in [7, 11) is 0. The fourth-order valence-electron chi connectivity index (χ4n) is 7.71. The topological polar surface area (TPSA) is 90.5 Å². The zero-order chi connectivity index (χ0) is 23.9. The molecule has 7 nitrogen and oxygen atoms in total. The number of likely N-dealkylation sites (tertiary alicyclic amines) is 1. The van der Waals surface area contributed by atoms with Gasteiger partial charge in [0.25, 0.3) is 5.91 Å². The van der Waals surface area contributed by atoms with Gasteiger partial charge >= 0.3 is 6.03 Å². The van der Waals surface area contributed by atoms with Gasteiger partial charge in [-0.15, -0.1) is 0 Å². The molecule has 4 amide bonds. The number of nitrogens with zero attached hydrogens (tertiary/aromatic N) is 1. The van der Waals surface area contributed by atoms with Crippen LogP contribution in [0.2, 0.25) is 0 Å². The predicted octanol–water partition coefficient (Wildman–Crippen LogP) is 4.01. The number of amides is 4. The first-order valence-electron chi connectivity index (χ1n) is 13.0. The molecule has 184 valence electrons. The lowest BCUT2D eigenvalue weighted by Crippen LogP contribution is -2.62. The molecule has 4 bridgehead atoms. The molecule has 5 aliphatic rings. The van der Waals surface area contributed by atoms with E-state index >= 15 is 0 Å². The molecule has 34 heavy (non-hydrogen) atoms. The van der Waals surface area contributed by atoms with E-state index in [1.165, 1.54) is 19.3 Å². The number of imide groups is 1. The third-order valence-corrected chi connectivity index (χ3v) is 8.42. The molecule has 6 rings (SSSR count). The smallest absolute Gasteiger partial charge is 0.321 e. The van der Waals surface area contributed by atoms with Crippen molar-refractivity contribution in [1.82, 2.24) is 15.5 Å². The van der Waals surface area contributed by atoms with E-state index in [0.717, 1.165) is 56.5 Å². The molecule has 0 spiro atoms. The Morgan fingerprint density at radius 3 is 2.12 bits per heavy atom. The van der Waals surface area contributed by atoms with Gasteiger partial charge in [-0.2, -0.15) is 0 Å². The average Bonchev–Trinajstić information content (AvgIpc) is 2.75. The van der Waals surface area contributed by atoms with Crippen LogP contribution in [-0.4, -0.2) is 47.9 Å². The number of nitrogens with one attached hydrogen (secondary N) is 3. The summed E-state index contributed by atoms with van der Waals surface area (Å²) in [6.45, 7) is 5.80. The number of hydrogen-bond acceptors (Lipinski definition) is 4. The minimum Gasteiger partial charge on any atom is -0.375 e. The lowest BCUT2D eigenvalue weighted by Gasteiger charge is -2.56. The summed E-state index contributed by atoms with van der Waals surface area (Å²) in [6, 6.07) is 6.90. The van der Waals surface area contributed by atoms with Crippen LogP contribution in [0.15, 0.2) is 24.3 Å². The molecule has 1 aliphatic heterocycles. The Kier molecular flexibility index (Phi) is 6.30. The minimum atomic E-state index is -0.398. The molecular formula is C27H38N4O3. The fraction of sp³-hybridized carbons (Fsp3) is 0.667. The first kappa shape index (κ1) is 23.2. The van der Waals surface area contributed by atoms with Crippen molar-refractivity contribution in [2.24, 2.45) is 29.6 Å². The van der Waals surface area contributed by atoms with E-state index in [9.17, 15) is 14.4 Å². The number of carbonyl (C=O) groups excluding carboxylic acids is 3. The van der Waals surface area contributed by atoms with Crippen molar-refractivity contribution in [2.45, 2.75) is 64.3 Å².